The Hall–Kier alpha value is -1.95. The number of non-ortho nitro benzene ring substituents is 1. The summed E-state index contributed by atoms with van der Waals surface area (Å²) >= 11 is 0. The molecule has 1 aromatic carbocycles. The van der Waals surface area contributed by atoms with E-state index in [1.165, 1.54) is 44.2 Å². The largest absolute Gasteiger partial charge is 0.336 e. The van der Waals surface area contributed by atoms with Gasteiger partial charge in [0.05, 0.1) is 4.92 Å². The summed E-state index contributed by atoms with van der Waals surface area (Å²) < 4.78 is 0. The van der Waals surface area contributed by atoms with Gasteiger partial charge in [0.15, 0.2) is 0 Å². The molecule has 0 radical (unpaired) electrons. The monoisotopic (exact) mass is 317 g/mol. The molecule has 0 unspecified atom stereocenters. The van der Waals surface area contributed by atoms with Crippen molar-refractivity contribution in [3.63, 3.8) is 0 Å². The second-order valence-electron chi connectivity index (χ2n) is 6.42. The zero-order chi connectivity index (χ0) is 16.2. The summed E-state index contributed by atoms with van der Waals surface area (Å²) in [6.45, 7) is 3.35. The van der Waals surface area contributed by atoms with Gasteiger partial charge in [0, 0.05) is 49.9 Å². The molecule has 0 atom stereocenters. The Balaban J connectivity index is 1.56. The van der Waals surface area contributed by atoms with Crippen molar-refractivity contribution in [3.8, 4) is 0 Å². The Morgan fingerprint density at radius 2 is 1.61 bits per heavy atom. The average molecular weight is 317 g/mol. The van der Waals surface area contributed by atoms with E-state index in [-0.39, 0.29) is 11.6 Å². The Bertz CT molecular complexity index is 559. The van der Waals surface area contributed by atoms with Crippen LogP contribution in [-0.2, 0) is 0 Å². The molecule has 1 amide bonds. The second-order valence-corrected chi connectivity index (χ2v) is 6.42. The number of hydrogen-bond acceptors (Lipinski definition) is 4. The molecule has 0 aromatic heterocycles. The molecule has 3 rings (SSSR count). The standard InChI is InChI=1S/C17H23N3O3/c21-17(14-6-8-16(9-7-14)20(22)23)19-12-10-18(11-13-19)15-4-2-1-3-5-15/h6-9,15H,1-5,10-13H2. The minimum Gasteiger partial charge on any atom is -0.336 e. The number of nitrogens with zero attached hydrogens (tertiary/aromatic N) is 3. The van der Waals surface area contributed by atoms with Gasteiger partial charge in [-0.2, -0.15) is 0 Å². The Labute approximate surface area is 136 Å². The van der Waals surface area contributed by atoms with Gasteiger partial charge in [0.2, 0.25) is 0 Å². The molecule has 2 aliphatic rings. The topological polar surface area (TPSA) is 66.7 Å². The van der Waals surface area contributed by atoms with Gasteiger partial charge < -0.3 is 4.90 Å². The fraction of sp³-hybridized carbons (Fsp3) is 0.588. The molecule has 6 nitrogen and oxygen atoms in total. The van der Waals surface area contributed by atoms with E-state index in [1.807, 2.05) is 4.90 Å². The lowest BCUT2D eigenvalue weighted by Crippen LogP contribution is -2.52. The second kappa shape index (κ2) is 7.08. The van der Waals surface area contributed by atoms with Crippen LogP contribution in [0.1, 0.15) is 42.5 Å². The molecule has 1 aliphatic heterocycles. The van der Waals surface area contributed by atoms with E-state index < -0.39 is 4.92 Å². The zero-order valence-electron chi connectivity index (χ0n) is 13.3. The van der Waals surface area contributed by atoms with Gasteiger partial charge in [-0.3, -0.25) is 19.8 Å². The predicted molar refractivity (Wildman–Crippen MR) is 87.4 cm³/mol. The summed E-state index contributed by atoms with van der Waals surface area (Å²) in [5.74, 6) is -0.0248. The van der Waals surface area contributed by atoms with E-state index in [1.54, 1.807) is 12.1 Å². The summed E-state index contributed by atoms with van der Waals surface area (Å²) in [5.41, 5.74) is 0.547. The Kier molecular flexibility index (Phi) is 4.91. The lowest BCUT2D eigenvalue weighted by atomic mass is 9.94. The summed E-state index contributed by atoms with van der Waals surface area (Å²) in [4.78, 5) is 27.1. The molecular formula is C17H23N3O3. The van der Waals surface area contributed by atoms with Crippen molar-refractivity contribution < 1.29 is 9.72 Å². The molecule has 1 aromatic rings. The molecule has 1 aliphatic carbocycles. The minimum atomic E-state index is -0.447. The van der Waals surface area contributed by atoms with E-state index in [4.69, 9.17) is 0 Å². The maximum absolute atomic E-state index is 12.5. The average Bonchev–Trinajstić information content (AvgIpc) is 2.62. The van der Waals surface area contributed by atoms with Crippen molar-refractivity contribution in [1.29, 1.82) is 0 Å². The van der Waals surface area contributed by atoms with Crippen molar-refractivity contribution in [2.24, 2.45) is 0 Å². The number of benzene rings is 1. The number of nitro groups is 1. The van der Waals surface area contributed by atoms with Gasteiger partial charge in [-0.25, -0.2) is 0 Å². The minimum absolute atomic E-state index is 0.0173. The van der Waals surface area contributed by atoms with Crippen molar-refractivity contribution >= 4 is 11.6 Å². The molecule has 1 heterocycles. The van der Waals surface area contributed by atoms with Gasteiger partial charge in [-0.1, -0.05) is 19.3 Å². The third-order valence-electron chi connectivity index (χ3n) is 5.02. The van der Waals surface area contributed by atoms with Crippen LogP contribution < -0.4 is 0 Å². The number of nitro benzene ring substituents is 1. The van der Waals surface area contributed by atoms with Crippen molar-refractivity contribution in [3.05, 3.63) is 39.9 Å². The molecule has 23 heavy (non-hydrogen) atoms. The highest BCUT2D eigenvalue weighted by Crippen LogP contribution is 2.24. The number of carbonyl (C=O) groups is 1. The van der Waals surface area contributed by atoms with E-state index >= 15 is 0 Å². The van der Waals surface area contributed by atoms with Crippen molar-refractivity contribution in [1.82, 2.24) is 9.80 Å². The molecule has 0 spiro atoms. The van der Waals surface area contributed by atoms with Crippen molar-refractivity contribution in [2.45, 2.75) is 38.1 Å². The Morgan fingerprint density at radius 1 is 1.00 bits per heavy atom. The lowest BCUT2D eigenvalue weighted by Gasteiger charge is -2.40. The molecule has 6 heteroatoms. The smallest absolute Gasteiger partial charge is 0.269 e. The first-order chi connectivity index (χ1) is 11.1. The fourth-order valence-electron chi connectivity index (χ4n) is 3.64. The molecule has 2 fully saturated rings. The van der Waals surface area contributed by atoms with E-state index in [0.29, 0.717) is 11.6 Å². The first-order valence-corrected chi connectivity index (χ1v) is 8.43. The number of amides is 1. The van der Waals surface area contributed by atoms with E-state index in [2.05, 4.69) is 4.90 Å². The number of rotatable bonds is 3. The quantitative estimate of drug-likeness (QED) is 0.635. The van der Waals surface area contributed by atoms with Crippen LogP contribution in [0.3, 0.4) is 0 Å². The highest BCUT2D eigenvalue weighted by Gasteiger charge is 2.27. The number of carbonyl (C=O) groups excluding carboxylic acids is 1. The van der Waals surface area contributed by atoms with Crippen LogP contribution in [0, 0.1) is 10.1 Å². The van der Waals surface area contributed by atoms with Gasteiger partial charge >= 0.3 is 0 Å². The van der Waals surface area contributed by atoms with Crippen LogP contribution in [0.15, 0.2) is 24.3 Å². The van der Waals surface area contributed by atoms with Gasteiger partial charge in [-0.05, 0) is 25.0 Å². The fourth-order valence-corrected chi connectivity index (χ4v) is 3.64. The third kappa shape index (κ3) is 3.69. The first kappa shape index (κ1) is 15.9. The van der Waals surface area contributed by atoms with Crippen LogP contribution in [0.5, 0.6) is 0 Å². The summed E-state index contributed by atoms with van der Waals surface area (Å²) in [7, 11) is 0. The van der Waals surface area contributed by atoms with Crippen LogP contribution >= 0.6 is 0 Å². The molecule has 124 valence electrons. The first-order valence-electron chi connectivity index (χ1n) is 8.43. The van der Waals surface area contributed by atoms with E-state index in [9.17, 15) is 14.9 Å². The maximum atomic E-state index is 12.5. The lowest BCUT2D eigenvalue weighted by molar-refractivity contribution is -0.384. The van der Waals surface area contributed by atoms with Crippen LogP contribution in [0.4, 0.5) is 5.69 Å². The zero-order valence-corrected chi connectivity index (χ0v) is 13.3. The predicted octanol–water partition coefficient (Wildman–Crippen LogP) is 2.69. The third-order valence-corrected chi connectivity index (χ3v) is 5.02. The Morgan fingerprint density at radius 3 is 2.17 bits per heavy atom. The number of hydrogen-bond donors (Lipinski definition) is 0. The van der Waals surface area contributed by atoms with E-state index in [0.717, 1.165) is 26.2 Å². The van der Waals surface area contributed by atoms with Gasteiger partial charge in [0.25, 0.3) is 11.6 Å². The molecule has 1 saturated heterocycles. The summed E-state index contributed by atoms with van der Waals surface area (Å²) in [6, 6.07) is 6.58. The molecule has 1 saturated carbocycles. The van der Waals surface area contributed by atoms with Gasteiger partial charge in [0.1, 0.15) is 0 Å². The number of piperazine rings is 1. The van der Waals surface area contributed by atoms with Crippen LogP contribution in [-0.4, -0.2) is 52.9 Å². The van der Waals surface area contributed by atoms with Crippen molar-refractivity contribution in [2.75, 3.05) is 26.2 Å². The SMILES string of the molecule is O=C(c1ccc([N+](=O)[O-])cc1)N1CCN(C2CCCCC2)CC1. The van der Waals surface area contributed by atoms with Crippen LogP contribution in [0.2, 0.25) is 0 Å². The molecular weight excluding hydrogens is 294 g/mol. The highest BCUT2D eigenvalue weighted by atomic mass is 16.6. The summed E-state index contributed by atoms with van der Waals surface area (Å²) in [5, 5.41) is 10.7. The highest BCUT2D eigenvalue weighted by molar-refractivity contribution is 5.94. The molecule has 0 bridgehead atoms. The maximum Gasteiger partial charge on any atom is 0.269 e. The normalized spacial score (nSPS) is 20.4. The van der Waals surface area contributed by atoms with Gasteiger partial charge in [-0.15, -0.1) is 0 Å². The summed E-state index contributed by atoms with van der Waals surface area (Å²) in [6.07, 6.45) is 6.58. The van der Waals surface area contributed by atoms with Crippen LogP contribution in [0.25, 0.3) is 0 Å². The molecule has 0 N–H and O–H groups in total.